The van der Waals surface area contributed by atoms with E-state index in [2.05, 4.69) is 124 Å². The predicted molar refractivity (Wildman–Crippen MR) is 136 cm³/mol. The van der Waals surface area contributed by atoms with E-state index in [1.165, 1.54) is 37.3 Å². The summed E-state index contributed by atoms with van der Waals surface area (Å²) in [4.78, 5) is 6.92. The molecular formula is C27H24N4S. The fraction of sp³-hybridized carbons (Fsp3) is 0.111. The summed E-state index contributed by atoms with van der Waals surface area (Å²) < 4.78 is 2.35. The molecule has 1 N–H and O–H groups in total. The average molecular weight is 437 g/mol. The third kappa shape index (κ3) is 3.35. The van der Waals surface area contributed by atoms with Crippen LogP contribution in [0.5, 0.6) is 0 Å². The molecule has 0 amide bonds. The van der Waals surface area contributed by atoms with E-state index in [-0.39, 0.29) is 0 Å². The number of benzene rings is 3. The summed E-state index contributed by atoms with van der Waals surface area (Å²) in [5, 5.41) is 6.09. The average Bonchev–Trinajstić information content (AvgIpc) is 3.41. The predicted octanol–water partition coefficient (Wildman–Crippen LogP) is 6.08. The Morgan fingerprint density at radius 3 is 2.56 bits per heavy atom. The summed E-state index contributed by atoms with van der Waals surface area (Å²) in [7, 11) is 2.09. The van der Waals surface area contributed by atoms with Gasteiger partial charge in [0.05, 0.1) is 17.7 Å². The van der Waals surface area contributed by atoms with Crippen molar-refractivity contribution >= 4 is 45.1 Å². The number of dihydropyridines is 1. The number of rotatable bonds is 4. The first-order chi connectivity index (χ1) is 15.8. The summed E-state index contributed by atoms with van der Waals surface area (Å²) in [5.41, 5.74) is 3.67. The van der Waals surface area contributed by atoms with Crippen LogP contribution in [0.3, 0.4) is 0 Å². The third-order valence-electron chi connectivity index (χ3n) is 5.94. The van der Waals surface area contributed by atoms with Crippen LogP contribution in [0.1, 0.15) is 0 Å². The second kappa shape index (κ2) is 7.84. The zero-order chi connectivity index (χ0) is 21.5. The number of anilines is 1. The summed E-state index contributed by atoms with van der Waals surface area (Å²) in [6.07, 6.45) is 10.7. The van der Waals surface area contributed by atoms with Gasteiger partial charge in [0.15, 0.2) is 0 Å². The van der Waals surface area contributed by atoms with Gasteiger partial charge in [-0.2, -0.15) is 0 Å². The number of nitrogens with zero attached hydrogens (tertiary/aromatic N) is 3. The molecular weight excluding hydrogens is 412 g/mol. The van der Waals surface area contributed by atoms with E-state index in [9.17, 15) is 0 Å². The highest BCUT2D eigenvalue weighted by Crippen LogP contribution is 2.37. The first kappa shape index (κ1) is 19.1. The molecule has 3 aromatic carbocycles. The molecule has 0 saturated carbocycles. The van der Waals surface area contributed by atoms with Crippen molar-refractivity contribution in [1.82, 2.24) is 14.8 Å². The van der Waals surface area contributed by atoms with Crippen molar-refractivity contribution in [3.05, 3.63) is 97.4 Å². The molecule has 6 rings (SSSR count). The van der Waals surface area contributed by atoms with Gasteiger partial charge < -0.3 is 15.1 Å². The Balaban J connectivity index is 1.41. The van der Waals surface area contributed by atoms with E-state index < -0.39 is 0 Å². The standard InChI is InChI=1S/C27H24N4S/c1-29-15-16-30(19-29)20-7-6-8-21(17-20)32-22-12-13-24-23-9-2-3-10-25(23)31(26(24)18-22)27-11-4-5-14-28-27/h2-13,15-18,28H,14,19H2,1H3. The molecule has 0 radical (unpaired) electrons. The van der Waals surface area contributed by atoms with Crippen LogP contribution in [0.15, 0.2) is 107 Å². The number of fused-ring (bicyclic) bond motifs is 3. The number of allylic oxidation sites excluding steroid dienone is 2. The quantitative estimate of drug-likeness (QED) is 0.419. The number of aromatic nitrogens is 1. The van der Waals surface area contributed by atoms with E-state index in [1.807, 2.05) is 11.8 Å². The topological polar surface area (TPSA) is 23.4 Å². The van der Waals surface area contributed by atoms with Crippen LogP contribution in [0, 0.1) is 0 Å². The van der Waals surface area contributed by atoms with Crippen LogP contribution in [0.25, 0.3) is 27.6 Å². The van der Waals surface area contributed by atoms with Gasteiger partial charge in [-0.3, -0.25) is 4.57 Å². The largest absolute Gasteiger partial charge is 0.368 e. The van der Waals surface area contributed by atoms with E-state index in [1.54, 1.807) is 0 Å². The summed E-state index contributed by atoms with van der Waals surface area (Å²) in [6, 6.07) is 24.2. The van der Waals surface area contributed by atoms with Gasteiger partial charge in [-0.1, -0.05) is 54.2 Å². The minimum atomic E-state index is 0.848. The zero-order valence-electron chi connectivity index (χ0n) is 17.9. The Hall–Kier alpha value is -3.57. The van der Waals surface area contributed by atoms with Crippen LogP contribution >= 0.6 is 11.8 Å². The maximum atomic E-state index is 3.53. The minimum absolute atomic E-state index is 0.848. The van der Waals surface area contributed by atoms with Gasteiger partial charge in [0.25, 0.3) is 0 Å². The summed E-state index contributed by atoms with van der Waals surface area (Å²) in [5.74, 6) is 1.12. The van der Waals surface area contributed by atoms with Crippen molar-refractivity contribution in [3.63, 3.8) is 0 Å². The first-order valence-electron chi connectivity index (χ1n) is 10.8. The molecule has 2 aliphatic rings. The van der Waals surface area contributed by atoms with Crippen molar-refractivity contribution in [3.8, 4) is 0 Å². The summed E-state index contributed by atoms with van der Waals surface area (Å²) >= 11 is 1.81. The molecule has 1 aromatic heterocycles. The molecule has 4 aromatic rings. The van der Waals surface area contributed by atoms with Crippen molar-refractivity contribution in [1.29, 1.82) is 0 Å². The summed E-state index contributed by atoms with van der Waals surface area (Å²) in [6.45, 7) is 1.73. The molecule has 0 fully saturated rings. The van der Waals surface area contributed by atoms with E-state index in [0.717, 1.165) is 19.0 Å². The fourth-order valence-corrected chi connectivity index (χ4v) is 5.34. The van der Waals surface area contributed by atoms with Gasteiger partial charge in [-0.15, -0.1) is 0 Å². The molecule has 32 heavy (non-hydrogen) atoms. The monoisotopic (exact) mass is 436 g/mol. The second-order valence-corrected chi connectivity index (χ2v) is 9.31. The fourth-order valence-electron chi connectivity index (χ4n) is 4.43. The number of hydrogen-bond donors (Lipinski definition) is 1. The Labute approximate surface area is 192 Å². The lowest BCUT2D eigenvalue weighted by Crippen LogP contribution is -2.21. The lowest BCUT2D eigenvalue weighted by Gasteiger charge is -2.19. The van der Waals surface area contributed by atoms with Crippen LogP contribution < -0.4 is 10.2 Å². The zero-order valence-corrected chi connectivity index (χ0v) is 18.7. The normalized spacial score (nSPS) is 15.6. The lowest BCUT2D eigenvalue weighted by molar-refractivity contribution is 0.495. The maximum Gasteiger partial charge on any atom is 0.111 e. The van der Waals surface area contributed by atoms with Crippen LogP contribution in [-0.4, -0.2) is 29.7 Å². The molecule has 0 unspecified atom stereocenters. The van der Waals surface area contributed by atoms with Gasteiger partial charge >= 0.3 is 0 Å². The highest BCUT2D eigenvalue weighted by atomic mass is 32.2. The van der Waals surface area contributed by atoms with Gasteiger partial charge in [-0.25, -0.2) is 0 Å². The Morgan fingerprint density at radius 1 is 0.844 bits per heavy atom. The van der Waals surface area contributed by atoms with Gasteiger partial charge in [0.2, 0.25) is 0 Å². The van der Waals surface area contributed by atoms with Gasteiger partial charge in [-0.05, 0) is 42.5 Å². The Kier molecular flexibility index (Phi) is 4.69. The van der Waals surface area contributed by atoms with E-state index >= 15 is 0 Å². The molecule has 0 bridgehead atoms. The maximum absolute atomic E-state index is 3.53. The highest BCUT2D eigenvalue weighted by Gasteiger charge is 2.15. The Morgan fingerprint density at radius 2 is 1.72 bits per heavy atom. The number of nitrogens with one attached hydrogen (secondary N) is 1. The number of para-hydroxylation sites is 1. The SMILES string of the molecule is CN1C=CN(c2cccc(Sc3ccc4c5ccccc5n(C5=CC=CCN5)c4c3)c2)C1. The Bertz CT molecular complexity index is 1410. The van der Waals surface area contributed by atoms with Crippen molar-refractivity contribution in [2.45, 2.75) is 9.79 Å². The van der Waals surface area contributed by atoms with Crippen LogP contribution in [-0.2, 0) is 0 Å². The molecule has 5 heteroatoms. The van der Waals surface area contributed by atoms with Crippen molar-refractivity contribution in [2.75, 3.05) is 25.2 Å². The molecule has 3 heterocycles. The van der Waals surface area contributed by atoms with E-state index in [4.69, 9.17) is 0 Å². The van der Waals surface area contributed by atoms with E-state index in [0.29, 0.717) is 0 Å². The molecule has 0 atom stereocenters. The van der Waals surface area contributed by atoms with Gasteiger partial charge in [0, 0.05) is 52.2 Å². The molecule has 2 aliphatic heterocycles. The molecule has 4 nitrogen and oxygen atoms in total. The van der Waals surface area contributed by atoms with Crippen molar-refractivity contribution in [2.24, 2.45) is 0 Å². The second-order valence-electron chi connectivity index (χ2n) is 8.16. The smallest absolute Gasteiger partial charge is 0.111 e. The van der Waals surface area contributed by atoms with Gasteiger partial charge in [0.1, 0.15) is 5.82 Å². The third-order valence-corrected chi connectivity index (χ3v) is 6.92. The number of hydrogen-bond acceptors (Lipinski definition) is 4. The van der Waals surface area contributed by atoms with Crippen LogP contribution in [0.4, 0.5) is 5.69 Å². The molecule has 158 valence electrons. The lowest BCUT2D eigenvalue weighted by atomic mass is 10.2. The molecule has 0 spiro atoms. The first-order valence-corrected chi connectivity index (χ1v) is 11.7. The molecule has 0 aliphatic carbocycles. The molecule has 0 saturated heterocycles. The highest BCUT2D eigenvalue weighted by molar-refractivity contribution is 7.99. The van der Waals surface area contributed by atoms with Crippen molar-refractivity contribution < 1.29 is 0 Å². The van der Waals surface area contributed by atoms with Crippen LogP contribution in [0.2, 0.25) is 0 Å². The minimum Gasteiger partial charge on any atom is -0.368 e.